The normalized spacial score (nSPS) is 18.2. The average Bonchev–Trinajstić information content (AvgIpc) is 2.66. The Morgan fingerprint density at radius 3 is 2.39 bits per heavy atom. The van der Waals surface area contributed by atoms with Crippen LogP contribution in [-0.4, -0.2) is 30.9 Å². The van der Waals surface area contributed by atoms with Gasteiger partial charge in [-0.3, -0.25) is 5.32 Å². The summed E-state index contributed by atoms with van der Waals surface area (Å²) in [5.74, 6) is -0.124. The van der Waals surface area contributed by atoms with Gasteiger partial charge in [0.05, 0.1) is 6.54 Å². The molecule has 0 saturated heterocycles. The Labute approximate surface area is 159 Å². The van der Waals surface area contributed by atoms with Gasteiger partial charge >= 0.3 is 6.18 Å². The Morgan fingerprint density at radius 2 is 1.71 bits per heavy atom. The van der Waals surface area contributed by atoms with Crippen molar-refractivity contribution >= 4 is 12.0 Å². The number of aliphatic imine (C=N–C) groups is 2. The van der Waals surface area contributed by atoms with Gasteiger partial charge in [0.15, 0.2) is 6.61 Å². The summed E-state index contributed by atoms with van der Waals surface area (Å²) >= 11 is 0. The average molecular weight is 394 g/mol. The van der Waals surface area contributed by atoms with E-state index in [4.69, 9.17) is 4.74 Å². The van der Waals surface area contributed by atoms with Crippen LogP contribution >= 0.6 is 0 Å². The van der Waals surface area contributed by atoms with E-state index in [9.17, 15) is 17.6 Å². The first-order chi connectivity index (χ1) is 13.4. The lowest BCUT2D eigenvalue weighted by atomic mass is 10.1. The van der Waals surface area contributed by atoms with Gasteiger partial charge in [0.25, 0.3) is 6.02 Å². The highest BCUT2D eigenvalue weighted by molar-refractivity contribution is 5.98. The molecule has 0 saturated carbocycles. The van der Waals surface area contributed by atoms with E-state index in [1.807, 2.05) is 30.3 Å². The number of guanidine groups is 1. The van der Waals surface area contributed by atoms with Crippen molar-refractivity contribution in [2.24, 2.45) is 9.98 Å². The molecule has 0 amide bonds. The van der Waals surface area contributed by atoms with Crippen molar-refractivity contribution in [3.05, 3.63) is 71.5 Å². The van der Waals surface area contributed by atoms with Crippen molar-refractivity contribution in [1.82, 2.24) is 10.6 Å². The molecule has 0 radical (unpaired) electrons. The Hall–Kier alpha value is -3.10. The van der Waals surface area contributed by atoms with Crippen LogP contribution in [0.4, 0.5) is 17.6 Å². The molecule has 1 aliphatic heterocycles. The molecule has 2 aromatic rings. The zero-order valence-electron chi connectivity index (χ0n) is 14.7. The van der Waals surface area contributed by atoms with Crippen molar-refractivity contribution in [3.63, 3.8) is 0 Å². The summed E-state index contributed by atoms with van der Waals surface area (Å²) in [4.78, 5) is 8.44. The SMILES string of the molecule is Fc1ccc(CN=C2NC(OCC(F)(F)F)=NC(Cc3ccccc3)N2)cc1. The number of halogens is 4. The zero-order chi connectivity index (χ0) is 20.0. The molecule has 2 aromatic carbocycles. The molecular formula is C19H18F4N4O. The number of benzene rings is 2. The number of nitrogens with zero attached hydrogens (tertiary/aromatic N) is 2. The maximum Gasteiger partial charge on any atom is 0.422 e. The van der Waals surface area contributed by atoms with Crippen LogP contribution in [0.25, 0.3) is 0 Å². The lowest BCUT2D eigenvalue weighted by Gasteiger charge is -2.25. The van der Waals surface area contributed by atoms with Gasteiger partial charge in [-0.2, -0.15) is 13.2 Å². The number of ether oxygens (including phenoxy) is 1. The molecule has 0 aliphatic carbocycles. The molecule has 1 heterocycles. The molecule has 9 heteroatoms. The molecule has 5 nitrogen and oxygen atoms in total. The van der Waals surface area contributed by atoms with Crippen LogP contribution in [0.5, 0.6) is 0 Å². The maximum absolute atomic E-state index is 13.0. The van der Waals surface area contributed by atoms with Crippen LogP contribution in [0, 0.1) is 5.82 Å². The third-order valence-corrected chi connectivity index (χ3v) is 3.78. The smallest absolute Gasteiger partial charge is 0.422 e. The van der Waals surface area contributed by atoms with Gasteiger partial charge in [0, 0.05) is 6.42 Å². The molecule has 1 unspecified atom stereocenters. The number of amidine groups is 1. The quantitative estimate of drug-likeness (QED) is 0.765. The fourth-order valence-electron chi connectivity index (χ4n) is 2.50. The van der Waals surface area contributed by atoms with E-state index >= 15 is 0 Å². The van der Waals surface area contributed by atoms with E-state index in [1.165, 1.54) is 12.1 Å². The standard InChI is InChI=1S/C19H18F4N4O/c20-15-8-6-14(7-9-15)11-24-17-25-16(10-13-4-2-1-3-5-13)26-18(27-17)28-12-19(21,22)23/h1-9,16H,10-12H2,(H2,24,25,26,27). The van der Waals surface area contributed by atoms with E-state index < -0.39 is 18.9 Å². The number of rotatable bonds is 5. The van der Waals surface area contributed by atoms with Gasteiger partial charge < -0.3 is 10.1 Å². The molecule has 0 spiro atoms. The predicted molar refractivity (Wildman–Crippen MR) is 97.2 cm³/mol. The lowest BCUT2D eigenvalue weighted by molar-refractivity contribution is -0.156. The monoisotopic (exact) mass is 394 g/mol. The number of hydrogen-bond acceptors (Lipinski definition) is 3. The first-order valence-electron chi connectivity index (χ1n) is 8.51. The summed E-state index contributed by atoms with van der Waals surface area (Å²) in [6.07, 6.45) is -4.58. The van der Waals surface area contributed by atoms with E-state index in [2.05, 4.69) is 20.6 Å². The van der Waals surface area contributed by atoms with Gasteiger partial charge in [-0.15, -0.1) is 0 Å². The van der Waals surface area contributed by atoms with Crippen LogP contribution in [0.15, 0.2) is 64.6 Å². The molecule has 3 rings (SSSR count). The van der Waals surface area contributed by atoms with Crippen molar-refractivity contribution in [1.29, 1.82) is 0 Å². The second-order valence-electron chi connectivity index (χ2n) is 6.10. The van der Waals surface area contributed by atoms with Crippen molar-refractivity contribution in [3.8, 4) is 0 Å². The predicted octanol–water partition coefficient (Wildman–Crippen LogP) is 3.38. The van der Waals surface area contributed by atoms with Crippen LogP contribution in [0.3, 0.4) is 0 Å². The highest BCUT2D eigenvalue weighted by Gasteiger charge is 2.30. The lowest BCUT2D eigenvalue weighted by Crippen LogP contribution is -2.52. The summed E-state index contributed by atoms with van der Waals surface area (Å²) in [6.45, 7) is -1.25. The fourth-order valence-corrected chi connectivity index (χ4v) is 2.50. The van der Waals surface area contributed by atoms with Crippen molar-refractivity contribution in [2.75, 3.05) is 6.61 Å². The Bertz CT molecular complexity index is 835. The van der Waals surface area contributed by atoms with Crippen LogP contribution < -0.4 is 10.6 Å². The molecule has 148 valence electrons. The second-order valence-corrected chi connectivity index (χ2v) is 6.10. The zero-order valence-corrected chi connectivity index (χ0v) is 14.7. The first kappa shape index (κ1) is 19.7. The van der Waals surface area contributed by atoms with Crippen LogP contribution in [0.2, 0.25) is 0 Å². The summed E-state index contributed by atoms with van der Waals surface area (Å²) < 4.78 is 55.2. The minimum Gasteiger partial charge on any atom is -0.455 e. The first-order valence-corrected chi connectivity index (χ1v) is 8.51. The molecule has 2 N–H and O–H groups in total. The summed E-state index contributed by atoms with van der Waals surface area (Å²) in [6, 6.07) is 14.9. The van der Waals surface area contributed by atoms with Crippen LogP contribution in [0.1, 0.15) is 11.1 Å². The third-order valence-electron chi connectivity index (χ3n) is 3.78. The van der Waals surface area contributed by atoms with Gasteiger partial charge in [0.2, 0.25) is 5.96 Å². The molecule has 0 aromatic heterocycles. The van der Waals surface area contributed by atoms with Crippen molar-refractivity contribution in [2.45, 2.75) is 25.3 Å². The highest BCUT2D eigenvalue weighted by Crippen LogP contribution is 2.15. The van der Waals surface area contributed by atoms with Crippen LogP contribution in [-0.2, 0) is 17.7 Å². The molecule has 28 heavy (non-hydrogen) atoms. The van der Waals surface area contributed by atoms with E-state index in [-0.39, 0.29) is 24.3 Å². The molecular weight excluding hydrogens is 376 g/mol. The number of hydrogen-bond donors (Lipinski definition) is 2. The largest absolute Gasteiger partial charge is 0.455 e. The molecule has 0 fully saturated rings. The Morgan fingerprint density at radius 1 is 1.00 bits per heavy atom. The topological polar surface area (TPSA) is 58.0 Å². The van der Waals surface area contributed by atoms with E-state index in [1.54, 1.807) is 12.1 Å². The second kappa shape index (κ2) is 8.73. The minimum absolute atomic E-state index is 0.209. The summed E-state index contributed by atoms with van der Waals surface area (Å²) in [7, 11) is 0. The Kier molecular flexibility index (Phi) is 6.13. The highest BCUT2D eigenvalue weighted by atomic mass is 19.4. The van der Waals surface area contributed by atoms with Gasteiger partial charge in [-0.1, -0.05) is 42.5 Å². The van der Waals surface area contributed by atoms with Gasteiger partial charge in [-0.25, -0.2) is 14.4 Å². The minimum atomic E-state index is -4.48. The Balaban J connectivity index is 1.72. The van der Waals surface area contributed by atoms with Crippen molar-refractivity contribution < 1.29 is 22.3 Å². The summed E-state index contributed by atoms with van der Waals surface area (Å²) in [5, 5.41) is 5.64. The molecule has 1 aliphatic rings. The van der Waals surface area contributed by atoms with Gasteiger partial charge in [0.1, 0.15) is 12.0 Å². The molecule has 0 bridgehead atoms. The van der Waals surface area contributed by atoms with Gasteiger partial charge in [-0.05, 0) is 23.3 Å². The molecule has 1 atom stereocenters. The van der Waals surface area contributed by atoms with E-state index in [0.29, 0.717) is 6.42 Å². The summed E-state index contributed by atoms with van der Waals surface area (Å²) in [5.41, 5.74) is 1.70. The van der Waals surface area contributed by atoms with E-state index in [0.717, 1.165) is 11.1 Å². The third kappa shape index (κ3) is 6.26. The number of alkyl halides is 3. The number of nitrogens with one attached hydrogen (secondary N) is 2. The maximum atomic E-state index is 13.0. The fraction of sp³-hybridized carbons (Fsp3) is 0.263.